The molecule has 3 heterocycles. The highest BCUT2D eigenvalue weighted by Crippen LogP contribution is 2.39. The number of rotatable bonds is 3. The number of nitrogens with zero attached hydrogens (tertiary/aromatic N) is 6. The number of halogens is 3. The lowest BCUT2D eigenvalue weighted by molar-refractivity contribution is -0.167. The second kappa shape index (κ2) is 5.80. The van der Waals surface area contributed by atoms with Crippen molar-refractivity contribution in [1.82, 2.24) is 23.9 Å². The van der Waals surface area contributed by atoms with Gasteiger partial charge in [-0.15, -0.1) is 10.2 Å². The summed E-state index contributed by atoms with van der Waals surface area (Å²) >= 11 is 0. The lowest BCUT2D eigenvalue weighted by atomic mass is 10.1. The number of aryl methyl sites for hydroxylation is 1. The summed E-state index contributed by atoms with van der Waals surface area (Å²) in [4.78, 5) is 5.61. The van der Waals surface area contributed by atoms with E-state index in [1.165, 1.54) is 31.4 Å². The van der Waals surface area contributed by atoms with Gasteiger partial charge in [-0.25, -0.2) is 17.7 Å². The van der Waals surface area contributed by atoms with Gasteiger partial charge in [-0.1, -0.05) is 0 Å². The average molecular weight is 378 g/mol. The highest BCUT2D eigenvalue weighted by molar-refractivity contribution is 7.89. The molecule has 0 aromatic carbocycles. The second-order valence-electron chi connectivity index (χ2n) is 6.14. The van der Waals surface area contributed by atoms with Crippen LogP contribution in [-0.4, -0.2) is 70.9 Å². The number of alkyl halides is 3. The lowest BCUT2D eigenvalue weighted by Crippen LogP contribution is -2.43. The van der Waals surface area contributed by atoms with Gasteiger partial charge in [-0.2, -0.15) is 13.2 Å². The first-order valence-electron chi connectivity index (χ1n) is 7.42. The van der Waals surface area contributed by atoms with Crippen LogP contribution in [0.4, 0.5) is 19.0 Å². The summed E-state index contributed by atoms with van der Waals surface area (Å²) in [5.74, 6) is -1.24. The Morgan fingerprint density at radius 1 is 1.28 bits per heavy atom. The summed E-state index contributed by atoms with van der Waals surface area (Å²) < 4.78 is 67.4. The minimum atomic E-state index is -4.63. The fraction of sp³-hybridized carbons (Fsp3) is 0.615. The Kier molecular flexibility index (Phi) is 4.14. The molecule has 1 aliphatic heterocycles. The smallest absolute Gasteiger partial charge is 0.354 e. The minimum Gasteiger partial charge on any atom is -0.354 e. The third-order valence-electron chi connectivity index (χ3n) is 4.36. The third kappa shape index (κ3) is 3.03. The number of hydrogen-bond donors (Lipinski definition) is 0. The van der Waals surface area contributed by atoms with E-state index in [0.29, 0.717) is 11.5 Å². The van der Waals surface area contributed by atoms with Crippen molar-refractivity contribution in [1.29, 1.82) is 0 Å². The Labute approximate surface area is 142 Å². The second-order valence-corrected chi connectivity index (χ2v) is 8.51. The van der Waals surface area contributed by atoms with E-state index in [-0.39, 0.29) is 12.4 Å². The van der Waals surface area contributed by atoms with Crippen molar-refractivity contribution in [2.45, 2.75) is 18.3 Å². The monoisotopic (exact) mass is 378 g/mol. The molecule has 0 unspecified atom stereocenters. The van der Waals surface area contributed by atoms with E-state index in [0.717, 1.165) is 4.31 Å². The van der Waals surface area contributed by atoms with Gasteiger partial charge < -0.3 is 4.90 Å². The number of anilines is 1. The molecule has 1 aliphatic rings. The highest BCUT2D eigenvalue weighted by atomic mass is 32.2. The molecule has 0 saturated carbocycles. The van der Waals surface area contributed by atoms with Crippen molar-refractivity contribution in [2.24, 2.45) is 5.92 Å². The molecule has 2 atom stereocenters. The molecule has 0 aliphatic carbocycles. The van der Waals surface area contributed by atoms with Crippen LogP contribution in [0.1, 0.15) is 5.82 Å². The van der Waals surface area contributed by atoms with Crippen LogP contribution in [0.25, 0.3) is 5.65 Å². The molecule has 2 aromatic heterocycles. The molecule has 0 amide bonds. The van der Waals surface area contributed by atoms with Crippen molar-refractivity contribution >= 4 is 21.5 Å². The minimum absolute atomic E-state index is 0.253. The van der Waals surface area contributed by atoms with E-state index in [9.17, 15) is 21.6 Å². The van der Waals surface area contributed by atoms with Crippen LogP contribution >= 0.6 is 0 Å². The van der Waals surface area contributed by atoms with Crippen LogP contribution < -0.4 is 4.90 Å². The average Bonchev–Trinajstić information content (AvgIpc) is 3.13. The molecule has 138 valence electrons. The standard InChI is InChI=1S/C13H17F3N6O2S/c1-8-18-11(4-12-19-17-7-22(8)12)21-5-9(13(14,15)16)10(6-21)25(23,24)20(2)3/h4,7,9-10H,5-6H2,1-3H3/t9-,10-/m1/s1. The van der Waals surface area contributed by atoms with Crippen molar-refractivity contribution in [3.8, 4) is 0 Å². The van der Waals surface area contributed by atoms with Gasteiger partial charge in [0, 0.05) is 33.3 Å². The van der Waals surface area contributed by atoms with E-state index >= 15 is 0 Å². The van der Waals surface area contributed by atoms with Gasteiger partial charge in [0.2, 0.25) is 10.0 Å². The fourth-order valence-electron chi connectivity index (χ4n) is 2.97. The summed E-state index contributed by atoms with van der Waals surface area (Å²) in [5, 5.41) is 6.02. The molecule has 12 heteroatoms. The van der Waals surface area contributed by atoms with Gasteiger partial charge in [0.05, 0.1) is 5.92 Å². The normalized spacial score (nSPS) is 22.3. The summed E-state index contributed by atoms with van der Waals surface area (Å²) in [5.41, 5.74) is 0.435. The molecule has 2 aromatic rings. The Balaban J connectivity index is 2.01. The Bertz CT molecular complexity index is 895. The van der Waals surface area contributed by atoms with Crippen molar-refractivity contribution in [3.63, 3.8) is 0 Å². The van der Waals surface area contributed by atoms with E-state index in [1.807, 2.05) is 0 Å². The molecule has 1 fully saturated rings. The fourth-order valence-corrected chi connectivity index (χ4v) is 4.53. The summed E-state index contributed by atoms with van der Waals surface area (Å²) in [6.07, 6.45) is -3.18. The van der Waals surface area contributed by atoms with Gasteiger partial charge in [0.15, 0.2) is 5.65 Å². The van der Waals surface area contributed by atoms with Gasteiger partial charge in [-0.3, -0.25) is 4.40 Å². The van der Waals surface area contributed by atoms with Crippen LogP contribution in [-0.2, 0) is 10.0 Å². The molecule has 0 radical (unpaired) electrons. The molecule has 3 rings (SSSR count). The van der Waals surface area contributed by atoms with Crippen molar-refractivity contribution < 1.29 is 21.6 Å². The Hall–Kier alpha value is -1.95. The van der Waals surface area contributed by atoms with Crippen molar-refractivity contribution in [3.05, 3.63) is 18.2 Å². The van der Waals surface area contributed by atoms with E-state index in [4.69, 9.17) is 0 Å². The molecule has 1 saturated heterocycles. The largest absolute Gasteiger partial charge is 0.394 e. The summed E-state index contributed by atoms with van der Waals surface area (Å²) in [7, 11) is -1.62. The maximum absolute atomic E-state index is 13.4. The van der Waals surface area contributed by atoms with Gasteiger partial charge in [0.1, 0.15) is 23.2 Å². The molecule has 0 spiro atoms. The quantitative estimate of drug-likeness (QED) is 0.782. The first-order valence-corrected chi connectivity index (χ1v) is 8.92. The maximum Gasteiger partial charge on any atom is 0.394 e. The molecule has 0 N–H and O–H groups in total. The number of fused-ring (bicyclic) bond motifs is 1. The number of hydrogen-bond acceptors (Lipinski definition) is 6. The zero-order valence-corrected chi connectivity index (χ0v) is 14.6. The predicted molar refractivity (Wildman–Crippen MR) is 83.7 cm³/mol. The van der Waals surface area contributed by atoms with Gasteiger partial charge >= 0.3 is 6.18 Å². The molecular weight excluding hydrogens is 361 g/mol. The van der Waals surface area contributed by atoms with E-state index in [2.05, 4.69) is 15.2 Å². The van der Waals surface area contributed by atoms with Crippen LogP contribution in [0.15, 0.2) is 12.4 Å². The van der Waals surface area contributed by atoms with Crippen LogP contribution in [0.2, 0.25) is 0 Å². The van der Waals surface area contributed by atoms with Gasteiger partial charge in [-0.05, 0) is 6.92 Å². The van der Waals surface area contributed by atoms with Crippen LogP contribution in [0.5, 0.6) is 0 Å². The lowest BCUT2D eigenvalue weighted by Gasteiger charge is -2.23. The first kappa shape index (κ1) is 17.9. The SMILES string of the molecule is Cc1nc(N2C[C@@H](C(F)(F)F)[C@H](S(=O)(=O)N(C)C)C2)cc2nncn12. The number of sulfonamides is 1. The van der Waals surface area contributed by atoms with E-state index in [1.54, 1.807) is 11.3 Å². The van der Waals surface area contributed by atoms with Crippen molar-refractivity contribution in [2.75, 3.05) is 32.1 Å². The summed E-state index contributed by atoms with van der Waals surface area (Å²) in [6, 6.07) is 1.50. The van der Waals surface area contributed by atoms with Gasteiger partial charge in [0.25, 0.3) is 0 Å². The highest BCUT2D eigenvalue weighted by Gasteiger charge is 2.55. The molecule has 0 bridgehead atoms. The molecule has 25 heavy (non-hydrogen) atoms. The zero-order valence-electron chi connectivity index (χ0n) is 13.8. The first-order chi connectivity index (χ1) is 11.5. The van der Waals surface area contributed by atoms with Crippen LogP contribution in [0, 0.1) is 12.8 Å². The number of aromatic nitrogens is 4. The molecular formula is C13H17F3N6O2S. The Morgan fingerprint density at radius 3 is 2.56 bits per heavy atom. The molecule has 8 nitrogen and oxygen atoms in total. The van der Waals surface area contributed by atoms with E-state index < -0.39 is 33.9 Å². The van der Waals surface area contributed by atoms with Crippen LogP contribution in [0.3, 0.4) is 0 Å². The maximum atomic E-state index is 13.4. The Morgan fingerprint density at radius 2 is 1.96 bits per heavy atom. The third-order valence-corrected chi connectivity index (χ3v) is 6.62. The topological polar surface area (TPSA) is 83.7 Å². The zero-order chi connectivity index (χ0) is 18.6. The summed E-state index contributed by atoms with van der Waals surface area (Å²) in [6.45, 7) is 0.907. The predicted octanol–water partition coefficient (Wildman–Crippen LogP) is 0.691.